The summed E-state index contributed by atoms with van der Waals surface area (Å²) < 4.78 is 0. The predicted octanol–water partition coefficient (Wildman–Crippen LogP) is 19.1. The standard InChI is InChI=1S/C59H115NO3/c1-3-5-7-9-11-13-15-16-17-18-19-20-21-22-23-24-25-26-27-28-29-30-31-32-33-34-35-36-37-38-39-40-41-42-43-44-45-47-49-51-53-55-59(63)60-57(56-61)58(62)54-52-50-48-46-14-12-10-8-6-4-2/h14,46,52,54,57-58,61-62H,3-13,15-45,47-51,53,55-56H2,1-2H3,(H,60,63)/b46-14+,54-52+. The van der Waals surface area contributed by atoms with Gasteiger partial charge in [-0.05, 0) is 32.1 Å². The number of rotatable bonds is 54. The van der Waals surface area contributed by atoms with E-state index in [1.807, 2.05) is 6.08 Å². The maximum absolute atomic E-state index is 12.4. The molecule has 2 unspecified atom stereocenters. The van der Waals surface area contributed by atoms with Crippen LogP contribution in [0.4, 0.5) is 0 Å². The van der Waals surface area contributed by atoms with Gasteiger partial charge in [-0.25, -0.2) is 0 Å². The summed E-state index contributed by atoms with van der Waals surface area (Å²) in [5.41, 5.74) is 0. The minimum Gasteiger partial charge on any atom is -0.394 e. The molecule has 0 saturated heterocycles. The number of allylic oxidation sites excluding steroid dienone is 3. The van der Waals surface area contributed by atoms with Crippen LogP contribution < -0.4 is 5.32 Å². The first kappa shape index (κ1) is 61.9. The van der Waals surface area contributed by atoms with E-state index in [9.17, 15) is 15.0 Å². The van der Waals surface area contributed by atoms with E-state index in [-0.39, 0.29) is 12.5 Å². The van der Waals surface area contributed by atoms with E-state index in [0.717, 1.165) is 32.1 Å². The number of carbonyl (C=O) groups is 1. The summed E-state index contributed by atoms with van der Waals surface area (Å²) >= 11 is 0. The Morgan fingerprint density at radius 3 is 0.921 bits per heavy atom. The molecule has 4 heteroatoms. The fraction of sp³-hybridized carbons (Fsp3) is 0.915. The van der Waals surface area contributed by atoms with Crippen molar-refractivity contribution >= 4 is 5.91 Å². The topological polar surface area (TPSA) is 69.6 Å². The molecule has 0 fully saturated rings. The molecule has 2 atom stereocenters. The summed E-state index contributed by atoms with van der Waals surface area (Å²) in [5, 5.41) is 22.9. The van der Waals surface area contributed by atoms with Crippen LogP contribution in [-0.2, 0) is 4.79 Å². The molecule has 1 amide bonds. The second kappa shape index (κ2) is 55.2. The fourth-order valence-corrected chi connectivity index (χ4v) is 9.26. The highest BCUT2D eigenvalue weighted by atomic mass is 16.3. The molecule has 63 heavy (non-hydrogen) atoms. The summed E-state index contributed by atoms with van der Waals surface area (Å²) in [6, 6.07) is -0.634. The minimum atomic E-state index is -0.857. The maximum atomic E-state index is 12.4. The average Bonchev–Trinajstić information content (AvgIpc) is 3.29. The zero-order valence-corrected chi connectivity index (χ0v) is 43.1. The second-order valence-electron chi connectivity index (χ2n) is 20.1. The summed E-state index contributed by atoms with van der Waals surface area (Å²) in [7, 11) is 0. The lowest BCUT2D eigenvalue weighted by Gasteiger charge is -2.19. The number of nitrogens with one attached hydrogen (secondary N) is 1. The number of aliphatic hydroxyl groups is 2. The van der Waals surface area contributed by atoms with Gasteiger partial charge < -0.3 is 15.5 Å². The number of hydrogen-bond acceptors (Lipinski definition) is 3. The van der Waals surface area contributed by atoms with Crippen molar-refractivity contribution in [1.82, 2.24) is 5.32 Å². The van der Waals surface area contributed by atoms with Crippen LogP contribution in [0.1, 0.15) is 328 Å². The number of unbranched alkanes of at least 4 members (excludes halogenated alkanes) is 45. The molecule has 0 aliphatic carbocycles. The first-order valence-electron chi connectivity index (χ1n) is 29.1. The molecule has 0 bridgehead atoms. The molecule has 4 nitrogen and oxygen atoms in total. The molecule has 0 heterocycles. The number of amides is 1. The van der Waals surface area contributed by atoms with E-state index in [2.05, 4.69) is 31.3 Å². The van der Waals surface area contributed by atoms with Gasteiger partial charge in [-0.15, -0.1) is 0 Å². The highest BCUT2D eigenvalue weighted by molar-refractivity contribution is 5.76. The summed E-state index contributed by atoms with van der Waals surface area (Å²) in [6.07, 6.45) is 73.9. The number of hydrogen-bond donors (Lipinski definition) is 3. The normalized spacial score (nSPS) is 12.9. The third-order valence-electron chi connectivity index (χ3n) is 13.7. The van der Waals surface area contributed by atoms with Crippen molar-refractivity contribution in [2.24, 2.45) is 0 Å². The third-order valence-corrected chi connectivity index (χ3v) is 13.7. The van der Waals surface area contributed by atoms with Gasteiger partial charge >= 0.3 is 0 Å². The highest BCUT2D eigenvalue weighted by Gasteiger charge is 2.18. The Balaban J connectivity index is 3.31. The van der Waals surface area contributed by atoms with Crippen molar-refractivity contribution in [2.75, 3.05) is 6.61 Å². The zero-order chi connectivity index (χ0) is 45.6. The van der Waals surface area contributed by atoms with E-state index in [1.165, 1.54) is 276 Å². The molecule has 3 N–H and O–H groups in total. The second-order valence-corrected chi connectivity index (χ2v) is 20.1. The molecule has 0 saturated carbocycles. The minimum absolute atomic E-state index is 0.0701. The van der Waals surface area contributed by atoms with Gasteiger partial charge in [-0.1, -0.05) is 314 Å². The SMILES string of the molecule is CCCCCC/C=C/CC/C=C/C(O)C(CO)NC(=O)CCCCCCCCCCCCCCCCCCCCCCCCCCCCCCCCCCCCCCCCCCC. The molecule has 374 valence electrons. The largest absolute Gasteiger partial charge is 0.394 e. The molecule has 0 rings (SSSR count). The summed E-state index contributed by atoms with van der Waals surface area (Å²) in [5.74, 6) is -0.0701. The lowest BCUT2D eigenvalue weighted by atomic mass is 10.0. The molecule has 0 radical (unpaired) electrons. The first-order chi connectivity index (χ1) is 31.2. The molecular formula is C59H115NO3. The van der Waals surface area contributed by atoms with Gasteiger partial charge in [0.25, 0.3) is 0 Å². The van der Waals surface area contributed by atoms with Crippen LogP contribution in [0.3, 0.4) is 0 Å². The van der Waals surface area contributed by atoms with E-state index in [1.54, 1.807) is 6.08 Å². The fourth-order valence-electron chi connectivity index (χ4n) is 9.26. The van der Waals surface area contributed by atoms with Crippen molar-refractivity contribution in [2.45, 2.75) is 341 Å². The van der Waals surface area contributed by atoms with Crippen molar-refractivity contribution in [3.05, 3.63) is 24.3 Å². The predicted molar refractivity (Wildman–Crippen MR) is 281 cm³/mol. The van der Waals surface area contributed by atoms with Gasteiger partial charge in [0.2, 0.25) is 5.91 Å². The van der Waals surface area contributed by atoms with Crippen molar-refractivity contribution in [3.63, 3.8) is 0 Å². The Bertz CT molecular complexity index is 916. The Morgan fingerprint density at radius 1 is 0.365 bits per heavy atom. The van der Waals surface area contributed by atoms with Crippen LogP contribution in [0.2, 0.25) is 0 Å². The Morgan fingerprint density at radius 2 is 0.619 bits per heavy atom. The quantitative estimate of drug-likeness (QED) is 0.0421. The van der Waals surface area contributed by atoms with Gasteiger partial charge in [0, 0.05) is 6.42 Å². The monoisotopic (exact) mass is 886 g/mol. The number of carbonyl (C=O) groups excluding carboxylic acids is 1. The van der Waals surface area contributed by atoms with Gasteiger partial charge in [0.1, 0.15) is 0 Å². The molecule has 0 aromatic rings. The van der Waals surface area contributed by atoms with E-state index in [4.69, 9.17) is 0 Å². The Kier molecular flexibility index (Phi) is 54.2. The van der Waals surface area contributed by atoms with Crippen molar-refractivity contribution < 1.29 is 15.0 Å². The molecule has 0 aromatic carbocycles. The smallest absolute Gasteiger partial charge is 0.220 e. The van der Waals surface area contributed by atoms with Crippen LogP contribution in [0, 0.1) is 0 Å². The average molecular weight is 887 g/mol. The zero-order valence-electron chi connectivity index (χ0n) is 43.1. The van der Waals surface area contributed by atoms with Gasteiger partial charge in [-0.3, -0.25) is 4.79 Å². The van der Waals surface area contributed by atoms with Crippen LogP contribution >= 0.6 is 0 Å². The first-order valence-corrected chi connectivity index (χ1v) is 29.1. The third kappa shape index (κ3) is 51.7. The summed E-state index contributed by atoms with van der Waals surface area (Å²) in [4.78, 5) is 12.4. The summed E-state index contributed by atoms with van der Waals surface area (Å²) in [6.45, 7) is 4.29. The van der Waals surface area contributed by atoms with Gasteiger partial charge in [0.05, 0.1) is 18.8 Å². The molecular weight excluding hydrogens is 771 g/mol. The molecule has 0 aliphatic heterocycles. The van der Waals surface area contributed by atoms with Crippen LogP contribution in [0.25, 0.3) is 0 Å². The maximum Gasteiger partial charge on any atom is 0.220 e. The Labute approximate surface area is 396 Å². The van der Waals surface area contributed by atoms with Crippen LogP contribution in [0.15, 0.2) is 24.3 Å². The van der Waals surface area contributed by atoms with Crippen molar-refractivity contribution in [3.8, 4) is 0 Å². The van der Waals surface area contributed by atoms with Crippen LogP contribution in [0.5, 0.6) is 0 Å². The van der Waals surface area contributed by atoms with Gasteiger partial charge in [-0.2, -0.15) is 0 Å². The molecule has 0 aliphatic rings. The van der Waals surface area contributed by atoms with E-state index in [0.29, 0.717) is 6.42 Å². The van der Waals surface area contributed by atoms with E-state index < -0.39 is 12.1 Å². The molecule has 0 aromatic heterocycles. The lowest BCUT2D eigenvalue weighted by molar-refractivity contribution is -0.123. The number of aliphatic hydroxyl groups excluding tert-OH is 2. The highest BCUT2D eigenvalue weighted by Crippen LogP contribution is 2.18. The van der Waals surface area contributed by atoms with E-state index >= 15 is 0 Å². The van der Waals surface area contributed by atoms with Crippen molar-refractivity contribution in [1.29, 1.82) is 0 Å². The lowest BCUT2D eigenvalue weighted by Crippen LogP contribution is -2.45. The molecule has 0 spiro atoms. The van der Waals surface area contributed by atoms with Gasteiger partial charge in [0.15, 0.2) is 0 Å². The van der Waals surface area contributed by atoms with Crippen LogP contribution in [-0.4, -0.2) is 34.9 Å². The Hall–Kier alpha value is -1.13.